The lowest BCUT2D eigenvalue weighted by atomic mass is 10.1. The molecule has 9 nitrogen and oxygen atoms in total. The fourth-order valence-corrected chi connectivity index (χ4v) is 4.10. The SMILES string of the molecule is Cc1nn(C)cc1[C@H]1CN(c2cc(-c3cnc4ccc(C(F)(F)F)nn34)ncn2)C[C@@H](C)O1. The van der Waals surface area contributed by atoms with Gasteiger partial charge in [0.2, 0.25) is 0 Å². The maximum absolute atomic E-state index is 13.2. The van der Waals surface area contributed by atoms with Gasteiger partial charge in [-0.3, -0.25) is 4.68 Å². The third kappa shape index (κ3) is 4.01. The molecule has 33 heavy (non-hydrogen) atoms. The van der Waals surface area contributed by atoms with Crippen molar-refractivity contribution in [1.82, 2.24) is 34.3 Å². The van der Waals surface area contributed by atoms with E-state index in [0.717, 1.165) is 21.8 Å². The van der Waals surface area contributed by atoms with E-state index in [1.807, 2.05) is 27.1 Å². The predicted octanol–water partition coefficient (Wildman–Crippen LogP) is 3.21. The van der Waals surface area contributed by atoms with E-state index >= 15 is 0 Å². The van der Waals surface area contributed by atoms with E-state index in [0.29, 0.717) is 35.9 Å². The monoisotopic (exact) mass is 458 g/mol. The normalized spacial score (nSPS) is 19.4. The van der Waals surface area contributed by atoms with E-state index in [4.69, 9.17) is 4.74 Å². The first-order valence-electron chi connectivity index (χ1n) is 10.3. The Morgan fingerprint density at radius 1 is 1.09 bits per heavy atom. The van der Waals surface area contributed by atoms with Crippen LogP contribution in [0.25, 0.3) is 17.0 Å². The number of hydrogen-bond donors (Lipinski definition) is 0. The van der Waals surface area contributed by atoms with Gasteiger partial charge in [-0.05, 0) is 26.0 Å². The Bertz CT molecular complexity index is 1310. The molecule has 4 aromatic rings. The van der Waals surface area contributed by atoms with Crippen LogP contribution in [-0.4, -0.2) is 53.5 Å². The molecule has 2 atom stereocenters. The maximum atomic E-state index is 13.2. The topological polar surface area (TPSA) is 86.3 Å². The van der Waals surface area contributed by atoms with Gasteiger partial charge < -0.3 is 9.64 Å². The summed E-state index contributed by atoms with van der Waals surface area (Å²) in [6, 6.07) is 3.93. The molecule has 4 aromatic heterocycles. The molecule has 0 bridgehead atoms. The van der Waals surface area contributed by atoms with E-state index < -0.39 is 11.9 Å². The van der Waals surface area contributed by atoms with E-state index in [-0.39, 0.29) is 12.2 Å². The molecule has 0 radical (unpaired) electrons. The molecule has 1 aliphatic rings. The number of ether oxygens (including phenoxy) is 1. The maximum Gasteiger partial charge on any atom is 0.435 e. The van der Waals surface area contributed by atoms with Gasteiger partial charge in [-0.2, -0.15) is 23.4 Å². The van der Waals surface area contributed by atoms with Crippen LogP contribution in [0, 0.1) is 6.92 Å². The van der Waals surface area contributed by atoms with Crippen molar-refractivity contribution < 1.29 is 17.9 Å². The highest BCUT2D eigenvalue weighted by Crippen LogP contribution is 2.31. The Kier molecular flexibility index (Phi) is 5.04. The number of alkyl halides is 3. The lowest BCUT2D eigenvalue weighted by Crippen LogP contribution is -2.43. The second kappa shape index (κ2) is 7.80. The number of morpholine rings is 1. The number of imidazole rings is 1. The van der Waals surface area contributed by atoms with Gasteiger partial charge in [-0.25, -0.2) is 19.5 Å². The average Bonchev–Trinajstić information content (AvgIpc) is 3.34. The van der Waals surface area contributed by atoms with Crippen molar-refractivity contribution >= 4 is 11.5 Å². The summed E-state index contributed by atoms with van der Waals surface area (Å²) in [5, 5.41) is 8.13. The van der Waals surface area contributed by atoms with Gasteiger partial charge in [0.25, 0.3) is 0 Å². The van der Waals surface area contributed by atoms with Crippen LogP contribution in [-0.2, 0) is 18.0 Å². The number of fused-ring (bicyclic) bond motifs is 1. The first-order chi connectivity index (χ1) is 15.7. The zero-order valence-corrected chi connectivity index (χ0v) is 18.2. The molecular formula is C21H21F3N8O. The Morgan fingerprint density at radius 3 is 2.64 bits per heavy atom. The summed E-state index contributed by atoms with van der Waals surface area (Å²) in [6.45, 7) is 5.09. The average molecular weight is 458 g/mol. The molecule has 5 heterocycles. The van der Waals surface area contributed by atoms with Gasteiger partial charge >= 0.3 is 6.18 Å². The van der Waals surface area contributed by atoms with Crippen LogP contribution < -0.4 is 4.90 Å². The molecule has 172 valence electrons. The van der Waals surface area contributed by atoms with Crippen LogP contribution in [0.2, 0.25) is 0 Å². The molecule has 5 rings (SSSR count). The van der Waals surface area contributed by atoms with Crippen LogP contribution in [0.5, 0.6) is 0 Å². The summed E-state index contributed by atoms with van der Waals surface area (Å²) in [5.41, 5.74) is 1.98. The molecule has 1 fully saturated rings. The molecule has 0 aliphatic carbocycles. The summed E-state index contributed by atoms with van der Waals surface area (Å²) in [7, 11) is 1.87. The summed E-state index contributed by atoms with van der Waals surface area (Å²) < 4.78 is 48.5. The lowest BCUT2D eigenvalue weighted by molar-refractivity contribution is -0.141. The fraction of sp³-hybridized carbons (Fsp3) is 0.381. The molecule has 0 aromatic carbocycles. The van der Waals surface area contributed by atoms with E-state index in [1.165, 1.54) is 18.6 Å². The van der Waals surface area contributed by atoms with E-state index in [9.17, 15) is 13.2 Å². The molecule has 0 saturated carbocycles. The van der Waals surface area contributed by atoms with Crippen molar-refractivity contribution in [3.63, 3.8) is 0 Å². The van der Waals surface area contributed by atoms with Crippen molar-refractivity contribution in [2.75, 3.05) is 18.0 Å². The highest BCUT2D eigenvalue weighted by molar-refractivity contribution is 5.62. The predicted molar refractivity (Wildman–Crippen MR) is 112 cm³/mol. The van der Waals surface area contributed by atoms with Gasteiger partial charge in [-0.1, -0.05) is 0 Å². The molecule has 0 N–H and O–H groups in total. The van der Waals surface area contributed by atoms with Crippen LogP contribution >= 0.6 is 0 Å². The van der Waals surface area contributed by atoms with Gasteiger partial charge in [0.05, 0.1) is 30.2 Å². The van der Waals surface area contributed by atoms with Crippen molar-refractivity contribution in [2.24, 2.45) is 7.05 Å². The quantitative estimate of drug-likeness (QED) is 0.466. The zero-order valence-electron chi connectivity index (χ0n) is 18.2. The van der Waals surface area contributed by atoms with Crippen LogP contribution in [0.3, 0.4) is 0 Å². The highest BCUT2D eigenvalue weighted by atomic mass is 19.4. The smallest absolute Gasteiger partial charge is 0.367 e. The van der Waals surface area contributed by atoms with Crippen molar-refractivity contribution in [3.05, 3.63) is 53.9 Å². The number of anilines is 1. The number of hydrogen-bond acceptors (Lipinski definition) is 7. The first kappa shape index (κ1) is 21.3. The minimum Gasteiger partial charge on any atom is -0.367 e. The molecule has 12 heteroatoms. The summed E-state index contributed by atoms with van der Waals surface area (Å²) in [6.07, 6.45) is -0.0124. The number of rotatable bonds is 3. The molecule has 0 amide bonds. The number of aryl methyl sites for hydroxylation is 2. The Labute approximate surface area is 186 Å². The molecule has 1 aliphatic heterocycles. The minimum atomic E-state index is -4.56. The van der Waals surface area contributed by atoms with Gasteiger partial charge in [0.1, 0.15) is 23.9 Å². The van der Waals surface area contributed by atoms with Gasteiger partial charge in [-0.15, -0.1) is 0 Å². The summed E-state index contributed by atoms with van der Waals surface area (Å²) in [5.74, 6) is 0.642. The van der Waals surface area contributed by atoms with Crippen molar-refractivity contribution in [3.8, 4) is 11.4 Å². The molecule has 0 spiro atoms. The van der Waals surface area contributed by atoms with Crippen LogP contribution in [0.1, 0.15) is 30.0 Å². The number of halogens is 3. The summed E-state index contributed by atoms with van der Waals surface area (Å²) in [4.78, 5) is 14.9. The van der Waals surface area contributed by atoms with E-state index in [2.05, 4.69) is 30.0 Å². The number of aromatic nitrogens is 7. The Hall–Kier alpha value is -3.54. The third-order valence-corrected chi connectivity index (χ3v) is 5.55. The minimum absolute atomic E-state index is 0.0615. The second-order valence-electron chi connectivity index (χ2n) is 8.08. The second-order valence-corrected chi connectivity index (χ2v) is 8.08. The highest BCUT2D eigenvalue weighted by Gasteiger charge is 2.33. The third-order valence-electron chi connectivity index (χ3n) is 5.55. The van der Waals surface area contributed by atoms with Crippen molar-refractivity contribution in [1.29, 1.82) is 0 Å². The molecular weight excluding hydrogens is 437 g/mol. The van der Waals surface area contributed by atoms with Gasteiger partial charge in [0, 0.05) is 31.4 Å². The lowest BCUT2D eigenvalue weighted by Gasteiger charge is -2.37. The van der Waals surface area contributed by atoms with Gasteiger partial charge in [0.15, 0.2) is 11.3 Å². The standard InChI is InChI=1S/C21H21F3N8O/c1-12-8-31(10-17(33-12)14-9-30(3)28-13(14)2)20-6-15(26-11-27-20)16-7-25-19-5-4-18(21(22,23)24)29-32(16)19/h4-7,9,11-12,17H,8,10H2,1-3H3/t12-,17-/m1/s1. The van der Waals surface area contributed by atoms with Crippen LogP contribution in [0.15, 0.2) is 36.9 Å². The largest absolute Gasteiger partial charge is 0.435 e. The zero-order chi connectivity index (χ0) is 23.3. The number of nitrogens with zero attached hydrogens (tertiary/aromatic N) is 8. The molecule has 1 saturated heterocycles. The Balaban J connectivity index is 1.49. The first-order valence-corrected chi connectivity index (χ1v) is 10.3. The summed E-state index contributed by atoms with van der Waals surface area (Å²) >= 11 is 0. The van der Waals surface area contributed by atoms with E-state index in [1.54, 1.807) is 10.7 Å². The molecule has 0 unspecified atom stereocenters. The Morgan fingerprint density at radius 2 is 1.91 bits per heavy atom. The fourth-order valence-electron chi connectivity index (χ4n) is 4.10. The van der Waals surface area contributed by atoms with Crippen molar-refractivity contribution in [2.45, 2.75) is 32.2 Å². The van der Waals surface area contributed by atoms with Crippen LogP contribution in [0.4, 0.5) is 19.0 Å².